The first kappa shape index (κ1) is 22.0. The van der Waals surface area contributed by atoms with Crippen molar-refractivity contribution in [1.29, 1.82) is 0 Å². The third-order valence-electron chi connectivity index (χ3n) is 6.28. The van der Waals surface area contributed by atoms with Gasteiger partial charge < -0.3 is 15.7 Å². The lowest BCUT2D eigenvalue weighted by atomic mass is 9.95. The van der Waals surface area contributed by atoms with Crippen molar-refractivity contribution in [3.8, 4) is 22.3 Å². The third-order valence-corrected chi connectivity index (χ3v) is 6.53. The maximum atomic E-state index is 15.9. The smallest absolute Gasteiger partial charge is 0.201 e. The van der Waals surface area contributed by atoms with Crippen LogP contribution in [-0.2, 0) is 0 Å². The Morgan fingerprint density at radius 3 is 2.53 bits per heavy atom. The normalized spacial score (nSPS) is 11.4. The van der Waals surface area contributed by atoms with Gasteiger partial charge in [0.2, 0.25) is 5.78 Å². The highest BCUT2D eigenvalue weighted by atomic mass is 35.5. The van der Waals surface area contributed by atoms with E-state index in [2.05, 4.69) is 15.0 Å². The molecule has 0 unspecified atom stereocenters. The number of benzene rings is 3. The maximum absolute atomic E-state index is 15.9. The number of halogens is 3. The van der Waals surface area contributed by atoms with E-state index in [0.717, 1.165) is 17.2 Å². The van der Waals surface area contributed by atoms with Crippen LogP contribution in [0.15, 0.2) is 79.1 Å². The minimum absolute atomic E-state index is 0.0366. The number of fused-ring (bicyclic) bond motifs is 2. The molecule has 0 bridgehead atoms. The van der Waals surface area contributed by atoms with Crippen molar-refractivity contribution in [2.24, 2.45) is 0 Å². The van der Waals surface area contributed by atoms with Gasteiger partial charge in [-0.25, -0.2) is 13.8 Å². The van der Waals surface area contributed by atoms with Gasteiger partial charge in [-0.15, -0.1) is 0 Å². The Balaban J connectivity index is 1.49. The van der Waals surface area contributed by atoms with Crippen LogP contribution in [0.5, 0.6) is 0 Å². The van der Waals surface area contributed by atoms with Gasteiger partial charge in [0.25, 0.3) is 0 Å². The summed E-state index contributed by atoms with van der Waals surface area (Å²) in [6, 6.07) is 18.5. The summed E-state index contributed by atoms with van der Waals surface area (Å²) in [7, 11) is 0. The molecule has 0 fully saturated rings. The van der Waals surface area contributed by atoms with Crippen LogP contribution in [-0.4, -0.2) is 20.7 Å². The molecule has 36 heavy (non-hydrogen) atoms. The summed E-state index contributed by atoms with van der Waals surface area (Å²) in [6.07, 6.45) is 3.06. The number of carbonyl (C=O) groups excluding carboxylic acids is 1. The number of hydrogen-bond donors (Lipinski definition) is 3. The van der Waals surface area contributed by atoms with Crippen molar-refractivity contribution in [3.63, 3.8) is 0 Å². The van der Waals surface area contributed by atoms with E-state index < -0.39 is 23.0 Å². The molecule has 0 radical (unpaired) electrons. The first-order valence-corrected chi connectivity index (χ1v) is 11.4. The number of aromatic nitrogens is 3. The number of rotatable bonds is 4. The van der Waals surface area contributed by atoms with Crippen LogP contribution in [0.4, 0.5) is 14.6 Å². The predicted molar refractivity (Wildman–Crippen MR) is 138 cm³/mol. The highest BCUT2D eigenvalue weighted by Crippen LogP contribution is 2.38. The fraction of sp³-hybridized carbons (Fsp3) is 0. The number of nitrogens with one attached hydrogen (secondary N) is 2. The number of nitrogen functional groups attached to an aromatic ring is 1. The molecule has 3 aromatic heterocycles. The van der Waals surface area contributed by atoms with Gasteiger partial charge in [0.15, 0.2) is 0 Å². The number of anilines is 1. The molecule has 0 aliphatic rings. The summed E-state index contributed by atoms with van der Waals surface area (Å²) >= 11 is 5.99. The van der Waals surface area contributed by atoms with Gasteiger partial charge in [-0.1, -0.05) is 41.9 Å². The number of nitrogens with zero attached hydrogens (tertiary/aromatic N) is 1. The number of ketones is 1. The van der Waals surface area contributed by atoms with Crippen molar-refractivity contribution >= 4 is 45.1 Å². The standard InChI is InChI=1S/C28H17ClF2N4O/c29-16-7-5-14(6-8-16)15-11-19-20(13-34-28(19)33-12-15)26(36)24-21(30)10-9-18(25(24)31)23-17-3-1-2-4-22(17)35-27(23)32/h1-13,35H,32H2,(H,33,34). The second kappa shape index (κ2) is 8.32. The SMILES string of the molecule is Nc1[nH]c2ccccc2c1-c1ccc(F)c(C(=O)c2c[nH]c3ncc(-c4ccc(Cl)cc4)cc23)c1F. The summed E-state index contributed by atoms with van der Waals surface area (Å²) in [5.41, 5.74) is 8.71. The third kappa shape index (κ3) is 3.44. The van der Waals surface area contributed by atoms with E-state index in [1.165, 1.54) is 12.3 Å². The molecule has 6 rings (SSSR count). The fourth-order valence-corrected chi connectivity index (χ4v) is 4.66. The largest absolute Gasteiger partial charge is 0.385 e. The number of hydrogen-bond acceptors (Lipinski definition) is 3. The monoisotopic (exact) mass is 498 g/mol. The lowest BCUT2D eigenvalue weighted by Gasteiger charge is -2.10. The van der Waals surface area contributed by atoms with Gasteiger partial charge in [-0.2, -0.15) is 0 Å². The summed E-state index contributed by atoms with van der Waals surface area (Å²) < 4.78 is 30.8. The Hall–Kier alpha value is -4.49. The predicted octanol–water partition coefficient (Wildman–Crippen LogP) is 7.12. The molecule has 5 nitrogen and oxygen atoms in total. The van der Waals surface area contributed by atoms with Gasteiger partial charge in [0.05, 0.1) is 5.56 Å². The number of aromatic amines is 2. The molecular formula is C28H17ClF2N4O. The van der Waals surface area contributed by atoms with Crippen molar-refractivity contribution in [1.82, 2.24) is 15.0 Å². The molecule has 0 aliphatic carbocycles. The molecule has 3 aromatic carbocycles. The first-order chi connectivity index (χ1) is 17.4. The summed E-state index contributed by atoms with van der Waals surface area (Å²) in [4.78, 5) is 23.8. The molecule has 0 atom stereocenters. The van der Waals surface area contributed by atoms with Gasteiger partial charge >= 0.3 is 0 Å². The highest BCUT2D eigenvalue weighted by Gasteiger charge is 2.26. The molecule has 0 spiro atoms. The fourth-order valence-electron chi connectivity index (χ4n) is 4.53. The Bertz CT molecular complexity index is 1800. The molecule has 4 N–H and O–H groups in total. The van der Waals surface area contributed by atoms with Crippen LogP contribution >= 0.6 is 11.6 Å². The van der Waals surface area contributed by atoms with Crippen molar-refractivity contribution in [2.45, 2.75) is 0 Å². The molecule has 3 heterocycles. The lowest BCUT2D eigenvalue weighted by Crippen LogP contribution is -2.08. The zero-order chi connectivity index (χ0) is 25.0. The van der Waals surface area contributed by atoms with E-state index in [1.54, 1.807) is 42.6 Å². The van der Waals surface area contributed by atoms with Crippen LogP contribution in [0.1, 0.15) is 15.9 Å². The molecule has 8 heteroatoms. The van der Waals surface area contributed by atoms with Crippen LogP contribution in [0.25, 0.3) is 44.2 Å². The number of H-pyrrole nitrogens is 2. The lowest BCUT2D eigenvalue weighted by molar-refractivity contribution is 0.103. The van der Waals surface area contributed by atoms with Crippen LogP contribution in [0.2, 0.25) is 5.02 Å². The van der Waals surface area contributed by atoms with E-state index >= 15 is 4.39 Å². The number of para-hydroxylation sites is 1. The average Bonchev–Trinajstić information content (AvgIpc) is 3.44. The number of carbonyl (C=O) groups is 1. The minimum Gasteiger partial charge on any atom is -0.385 e. The average molecular weight is 499 g/mol. The first-order valence-electron chi connectivity index (χ1n) is 11.0. The van der Waals surface area contributed by atoms with E-state index in [9.17, 15) is 9.18 Å². The molecule has 0 aliphatic heterocycles. The number of nitrogens with two attached hydrogens (primary N) is 1. The van der Waals surface area contributed by atoms with E-state index in [0.29, 0.717) is 32.5 Å². The highest BCUT2D eigenvalue weighted by molar-refractivity contribution is 6.30. The molecule has 0 saturated carbocycles. The molecule has 176 valence electrons. The Morgan fingerprint density at radius 2 is 1.72 bits per heavy atom. The minimum atomic E-state index is -0.979. The van der Waals surface area contributed by atoms with Gasteiger partial charge in [-0.05, 0) is 42.0 Å². The maximum Gasteiger partial charge on any atom is 0.201 e. The zero-order valence-electron chi connectivity index (χ0n) is 18.6. The summed E-state index contributed by atoms with van der Waals surface area (Å²) in [5, 5.41) is 1.71. The second-order valence-corrected chi connectivity index (χ2v) is 8.84. The van der Waals surface area contributed by atoms with E-state index in [-0.39, 0.29) is 16.9 Å². The summed E-state index contributed by atoms with van der Waals surface area (Å²) in [6.45, 7) is 0. The number of pyridine rings is 1. The zero-order valence-corrected chi connectivity index (χ0v) is 19.3. The van der Waals surface area contributed by atoms with Crippen LogP contribution in [0.3, 0.4) is 0 Å². The summed E-state index contributed by atoms with van der Waals surface area (Å²) in [5.74, 6) is -2.51. The van der Waals surface area contributed by atoms with Gasteiger partial charge in [-0.3, -0.25) is 4.79 Å². The molecule has 6 aromatic rings. The molecular weight excluding hydrogens is 482 g/mol. The van der Waals surface area contributed by atoms with Crippen LogP contribution < -0.4 is 5.73 Å². The van der Waals surface area contributed by atoms with Crippen molar-refractivity contribution < 1.29 is 13.6 Å². The van der Waals surface area contributed by atoms with E-state index in [4.69, 9.17) is 17.3 Å². The second-order valence-electron chi connectivity index (χ2n) is 8.40. The van der Waals surface area contributed by atoms with Gasteiger partial charge in [0, 0.05) is 56.0 Å². The molecule has 0 saturated heterocycles. The quantitative estimate of drug-likeness (QED) is 0.226. The topological polar surface area (TPSA) is 87.6 Å². The van der Waals surface area contributed by atoms with Crippen molar-refractivity contribution in [3.05, 3.63) is 107 Å². The van der Waals surface area contributed by atoms with E-state index in [1.807, 2.05) is 18.2 Å². The Morgan fingerprint density at radius 1 is 0.944 bits per heavy atom. The Kier molecular flexibility index (Phi) is 5.09. The van der Waals surface area contributed by atoms with Crippen LogP contribution in [0, 0.1) is 11.6 Å². The van der Waals surface area contributed by atoms with Crippen molar-refractivity contribution in [2.75, 3.05) is 5.73 Å². The van der Waals surface area contributed by atoms with Gasteiger partial charge in [0.1, 0.15) is 23.1 Å². The Labute approximate surface area is 208 Å². The molecule has 0 amide bonds.